The van der Waals surface area contributed by atoms with Crippen LogP contribution in [0.5, 0.6) is 11.5 Å². The van der Waals surface area contributed by atoms with Crippen molar-refractivity contribution < 1.29 is 37.9 Å². The van der Waals surface area contributed by atoms with E-state index in [1.807, 2.05) is 30.3 Å². The fourth-order valence-electron chi connectivity index (χ4n) is 4.64. The molecule has 5 atom stereocenters. The largest absolute Gasteiger partial charge is 0.486 e. The fraction of sp³-hybridized carbons (Fsp3) is 0.500. The maximum Gasteiger partial charge on any atom is 0.187 e. The van der Waals surface area contributed by atoms with Gasteiger partial charge in [0.15, 0.2) is 26.8 Å². The molecule has 1 saturated carbocycles. The molecule has 2 aromatic rings. The third-order valence-electron chi connectivity index (χ3n) is 6.51. The van der Waals surface area contributed by atoms with Gasteiger partial charge in [-0.3, -0.25) is 0 Å². The van der Waals surface area contributed by atoms with Gasteiger partial charge in [0.1, 0.15) is 37.6 Å². The van der Waals surface area contributed by atoms with Gasteiger partial charge >= 0.3 is 0 Å². The molecule has 1 aliphatic carbocycles. The average molecular weight is 477 g/mol. The van der Waals surface area contributed by atoms with E-state index in [2.05, 4.69) is 0 Å². The van der Waals surface area contributed by atoms with Gasteiger partial charge in [-0.05, 0) is 59.6 Å². The van der Waals surface area contributed by atoms with Crippen molar-refractivity contribution in [2.45, 2.75) is 55.0 Å². The predicted molar refractivity (Wildman–Crippen MR) is 119 cm³/mol. The van der Waals surface area contributed by atoms with Crippen molar-refractivity contribution in [3.8, 4) is 11.5 Å². The normalized spacial score (nSPS) is 29.6. The van der Waals surface area contributed by atoms with Gasteiger partial charge in [-0.2, -0.15) is 0 Å². The van der Waals surface area contributed by atoms with E-state index >= 15 is 0 Å². The summed E-state index contributed by atoms with van der Waals surface area (Å²) in [5, 5.41) is 31.0. The number of hydrogen-bond acceptors (Lipinski definition) is 8. The second kappa shape index (κ2) is 8.56. The van der Waals surface area contributed by atoms with E-state index in [-0.39, 0.29) is 0 Å². The van der Waals surface area contributed by atoms with Crippen molar-refractivity contribution in [2.75, 3.05) is 19.5 Å². The Labute approximate surface area is 192 Å². The molecular formula is C24H28O8S. The highest BCUT2D eigenvalue weighted by atomic mass is 32.2. The molecule has 178 valence electrons. The summed E-state index contributed by atoms with van der Waals surface area (Å²) in [5.41, 5.74) is 2.22. The van der Waals surface area contributed by atoms with E-state index in [0.717, 1.165) is 36.0 Å². The third-order valence-corrected chi connectivity index (χ3v) is 7.74. The quantitative estimate of drug-likeness (QED) is 0.593. The molecule has 0 bridgehead atoms. The number of aliphatic hydroxyl groups is 3. The molecule has 5 rings (SSSR count). The Morgan fingerprint density at radius 2 is 1.64 bits per heavy atom. The van der Waals surface area contributed by atoms with Gasteiger partial charge in [-0.15, -0.1) is 0 Å². The number of rotatable bonds is 5. The van der Waals surface area contributed by atoms with Crippen LogP contribution in [0, 0.1) is 0 Å². The fourth-order valence-corrected chi connectivity index (χ4v) is 5.63. The molecule has 0 amide bonds. The monoisotopic (exact) mass is 476 g/mol. The zero-order valence-electron chi connectivity index (χ0n) is 18.3. The molecule has 3 N–H and O–H groups in total. The first-order valence-corrected chi connectivity index (χ1v) is 13.1. The van der Waals surface area contributed by atoms with Crippen LogP contribution < -0.4 is 9.47 Å². The van der Waals surface area contributed by atoms with Crippen LogP contribution in [0.15, 0.2) is 36.4 Å². The van der Waals surface area contributed by atoms with E-state index in [9.17, 15) is 23.7 Å². The molecule has 2 fully saturated rings. The van der Waals surface area contributed by atoms with Crippen molar-refractivity contribution in [3.05, 3.63) is 58.7 Å². The number of aliphatic hydroxyl groups excluding tert-OH is 3. The molecule has 0 spiro atoms. The van der Waals surface area contributed by atoms with Crippen LogP contribution in [0.2, 0.25) is 0 Å². The zero-order chi connectivity index (χ0) is 23.3. The summed E-state index contributed by atoms with van der Waals surface area (Å²) < 4.78 is 41.2. The Kier molecular flexibility index (Phi) is 5.86. The predicted octanol–water partition coefficient (Wildman–Crippen LogP) is 1.45. The average Bonchev–Trinajstić information content (AvgIpc) is 3.62. The van der Waals surface area contributed by atoms with Crippen LogP contribution in [-0.4, -0.2) is 67.0 Å². The first-order valence-electron chi connectivity index (χ1n) is 11.1. The number of benzene rings is 2. The minimum absolute atomic E-state index is 0.472. The van der Waals surface area contributed by atoms with Crippen molar-refractivity contribution in [2.24, 2.45) is 0 Å². The minimum atomic E-state index is -3.82. The molecule has 0 aromatic heterocycles. The molecule has 33 heavy (non-hydrogen) atoms. The third kappa shape index (κ3) is 4.48. The SMILES string of the molecule is CS(=O)(=O)C1O[C@@H](c2ccc(C3CC3)c(Cc3ccc4c(c3)OCCO4)c2)[C@H](O)[C@@H](O)[C@@H]1O. The van der Waals surface area contributed by atoms with E-state index in [1.165, 1.54) is 5.56 Å². The van der Waals surface area contributed by atoms with Crippen LogP contribution in [0.3, 0.4) is 0 Å². The molecule has 3 aliphatic rings. The number of hydrogen-bond donors (Lipinski definition) is 3. The maximum absolute atomic E-state index is 12.1. The van der Waals surface area contributed by atoms with Crippen LogP contribution in [0.4, 0.5) is 0 Å². The number of ether oxygens (including phenoxy) is 3. The molecule has 8 nitrogen and oxygen atoms in total. The number of sulfone groups is 1. The van der Waals surface area contributed by atoms with Gasteiger partial charge in [-0.25, -0.2) is 8.42 Å². The maximum atomic E-state index is 12.1. The summed E-state index contributed by atoms with van der Waals surface area (Å²) in [7, 11) is -3.82. The summed E-state index contributed by atoms with van der Waals surface area (Å²) in [6.45, 7) is 1.03. The van der Waals surface area contributed by atoms with E-state index in [1.54, 1.807) is 6.07 Å². The van der Waals surface area contributed by atoms with Crippen molar-refractivity contribution in [3.63, 3.8) is 0 Å². The van der Waals surface area contributed by atoms with E-state index in [0.29, 0.717) is 36.9 Å². The molecule has 2 aliphatic heterocycles. The number of fused-ring (bicyclic) bond motifs is 1. The van der Waals surface area contributed by atoms with Gasteiger partial charge in [0.05, 0.1) is 0 Å². The lowest BCUT2D eigenvalue weighted by Crippen LogP contribution is -2.56. The second-order valence-electron chi connectivity index (χ2n) is 9.11. The lowest BCUT2D eigenvalue weighted by atomic mass is 9.89. The molecule has 2 heterocycles. The van der Waals surface area contributed by atoms with Crippen molar-refractivity contribution in [1.82, 2.24) is 0 Å². The first-order chi connectivity index (χ1) is 15.7. The Morgan fingerprint density at radius 1 is 0.909 bits per heavy atom. The minimum Gasteiger partial charge on any atom is -0.486 e. The van der Waals surface area contributed by atoms with E-state index in [4.69, 9.17) is 14.2 Å². The highest BCUT2D eigenvalue weighted by molar-refractivity contribution is 7.91. The van der Waals surface area contributed by atoms with Crippen molar-refractivity contribution in [1.29, 1.82) is 0 Å². The van der Waals surface area contributed by atoms with Gasteiger partial charge in [0.25, 0.3) is 0 Å². The van der Waals surface area contributed by atoms with Crippen LogP contribution in [-0.2, 0) is 21.0 Å². The van der Waals surface area contributed by atoms with Gasteiger partial charge in [-0.1, -0.05) is 24.3 Å². The van der Waals surface area contributed by atoms with E-state index < -0.39 is 39.7 Å². The molecular weight excluding hydrogens is 448 g/mol. The van der Waals surface area contributed by atoms with Gasteiger partial charge < -0.3 is 29.5 Å². The van der Waals surface area contributed by atoms with Crippen LogP contribution in [0.25, 0.3) is 0 Å². The summed E-state index contributed by atoms with van der Waals surface area (Å²) in [4.78, 5) is 0. The first kappa shape index (κ1) is 22.6. The Morgan fingerprint density at radius 3 is 2.33 bits per heavy atom. The second-order valence-corrected chi connectivity index (χ2v) is 11.2. The molecule has 0 radical (unpaired) electrons. The molecule has 9 heteroatoms. The lowest BCUT2D eigenvalue weighted by molar-refractivity contribution is -0.202. The topological polar surface area (TPSA) is 123 Å². The van der Waals surface area contributed by atoms with Crippen molar-refractivity contribution >= 4 is 9.84 Å². The Hall–Kier alpha value is -2.17. The highest BCUT2D eigenvalue weighted by Crippen LogP contribution is 2.44. The standard InChI is InChI=1S/C24H28O8S/c1-33(28,29)24-22(27)20(25)21(26)23(32-24)15-5-6-17(14-3-4-14)16(12-15)10-13-2-7-18-19(11-13)31-9-8-30-18/h2,5-7,11-12,14,20-27H,3-4,8-10H2,1H3/t20-,21-,22+,23+,24?/m1/s1. The van der Waals surface area contributed by atoms with Crippen LogP contribution >= 0.6 is 0 Å². The van der Waals surface area contributed by atoms with Crippen LogP contribution in [0.1, 0.15) is 47.1 Å². The highest BCUT2D eigenvalue weighted by Gasteiger charge is 2.48. The summed E-state index contributed by atoms with van der Waals surface area (Å²) in [6, 6.07) is 11.5. The molecule has 1 saturated heterocycles. The molecule has 2 aromatic carbocycles. The molecule has 1 unspecified atom stereocenters. The Balaban J connectivity index is 1.48. The van der Waals surface area contributed by atoms with Gasteiger partial charge in [0, 0.05) is 6.26 Å². The zero-order valence-corrected chi connectivity index (χ0v) is 19.1. The van der Waals surface area contributed by atoms with Gasteiger partial charge in [0.2, 0.25) is 0 Å². The Bertz CT molecular complexity index is 1140. The summed E-state index contributed by atoms with van der Waals surface area (Å²) in [5.74, 6) is 1.90. The summed E-state index contributed by atoms with van der Waals surface area (Å²) in [6.07, 6.45) is -2.16. The summed E-state index contributed by atoms with van der Waals surface area (Å²) >= 11 is 0. The smallest absolute Gasteiger partial charge is 0.187 e. The lowest BCUT2D eigenvalue weighted by Gasteiger charge is -2.40.